The van der Waals surface area contributed by atoms with Crippen LogP contribution >= 0.6 is 0 Å². The maximum atomic E-state index is 12.9. The number of aromatic nitrogens is 3. The number of carbonyl (C=O) groups excluding carboxylic acids is 1. The third-order valence-electron chi connectivity index (χ3n) is 4.71. The number of nitrogens with zero attached hydrogens (tertiary/aromatic N) is 4. The molecule has 0 spiro atoms. The molecule has 0 saturated heterocycles. The Morgan fingerprint density at radius 2 is 1.72 bits per heavy atom. The molecule has 0 aliphatic heterocycles. The summed E-state index contributed by atoms with van der Waals surface area (Å²) in [6.45, 7) is 5.82. The first kappa shape index (κ1) is 20.1. The van der Waals surface area contributed by atoms with Gasteiger partial charge in [-0.3, -0.25) is 4.79 Å². The fraction of sp³-hybridized carbons (Fsp3) is 0.273. The van der Waals surface area contributed by atoms with Gasteiger partial charge in [0.1, 0.15) is 5.82 Å². The Kier molecular flexibility index (Phi) is 5.93. The van der Waals surface area contributed by atoms with Crippen LogP contribution in [0.5, 0.6) is 0 Å². The number of aryl methyl sites for hydroxylation is 1. The Balaban J connectivity index is 1.95. The van der Waals surface area contributed by atoms with Crippen LogP contribution in [0.25, 0.3) is 11.4 Å². The van der Waals surface area contributed by atoms with E-state index in [4.69, 9.17) is 10.00 Å². The van der Waals surface area contributed by atoms with Gasteiger partial charge in [-0.05, 0) is 62.2 Å². The molecule has 2 aromatic carbocycles. The molecule has 148 valence electrons. The third-order valence-corrected chi connectivity index (χ3v) is 4.71. The highest BCUT2D eigenvalue weighted by Crippen LogP contribution is 2.22. The van der Waals surface area contributed by atoms with Crippen LogP contribution < -0.4 is 5.69 Å². The standard InChI is InChI=1S/C22H22N4O3/c1-4-20(21(27)29-5-2)17-8-12-18(13-9-17)25-15(3)24-26(22(25)28)19-10-6-16(14-23)7-11-19/h6-13,20H,4-5H2,1-3H3. The van der Waals surface area contributed by atoms with Crippen molar-refractivity contribution in [3.05, 3.63) is 76.0 Å². The van der Waals surface area contributed by atoms with Gasteiger partial charge >= 0.3 is 11.7 Å². The summed E-state index contributed by atoms with van der Waals surface area (Å²) in [5.74, 6) is -0.0440. The van der Waals surface area contributed by atoms with Crippen molar-refractivity contribution in [2.75, 3.05) is 6.61 Å². The predicted molar refractivity (Wildman–Crippen MR) is 108 cm³/mol. The van der Waals surface area contributed by atoms with Crippen LogP contribution in [-0.4, -0.2) is 26.9 Å². The molecule has 0 amide bonds. The number of esters is 1. The van der Waals surface area contributed by atoms with Gasteiger partial charge < -0.3 is 4.74 Å². The van der Waals surface area contributed by atoms with Crippen LogP contribution in [0.4, 0.5) is 0 Å². The highest BCUT2D eigenvalue weighted by molar-refractivity contribution is 5.78. The van der Waals surface area contributed by atoms with Gasteiger partial charge in [0.05, 0.1) is 35.5 Å². The highest BCUT2D eigenvalue weighted by atomic mass is 16.5. The maximum absolute atomic E-state index is 12.9. The maximum Gasteiger partial charge on any atom is 0.355 e. The van der Waals surface area contributed by atoms with Crippen molar-refractivity contribution >= 4 is 5.97 Å². The minimum absolute atomic E-state index is 0.246. The molecule has 1 unspecified atom stereocenters. The minimum Gasteiger partial charge on any atom is -0.466 e. The van der Waals surface area contributed by atoms with E-state index < -0.39 is 0 Å². The summed E-state index contributed by atoms with van der Waals surface area (Å²) >= 11 is 0. The number of nitriles is 1. The Morgan fingerprint density at radius 3 is 2.28 bits per heavy atom. The first-order valence-electron chi connectivity index (χ1n) is 9.46. The molecule has 0 radical (unpaired) electrons. The highest BCUT2D eigenvalue weighted by Gasteiger charge is 2.20. The van der Waals surface area contributed by atoms with Gasteiger partial charge in [0.15, 0.2) is 0 Å². The van der Waals surface area contributed by atoms with Crippen LogP contribution in [0.15, 0.2) is 53.3 Å². The van der Waals surface area contributed by atoms with Gasteiger partial charge in [-0.25, -0.2) is 9.36 Å². The molecular weight excluding hydrogens is 368 g/mol. The molecule has 1 aromatic heterocycles. The average Bonchev–Trinajstić information content (AvgIpc) is 3.03. The van der Waals surface area contributed by atoms with Crippen molar-refractivity contribution in [1.82, 2.24) is 14.3 Å². The number of benzene rings is 2. The molecule has 0 N–H and O–H groups in total. The van der Waals surface area contributed by atoms with Crippen molar-refractivity contribution in [2.45, 2.75) is 33.1 Å². The first-order chi connectivity index (χ1) is 14.0. The van der Waals surface area contributed by atoms with E-state index in [1.807, 2.05) is 19.1 Å². The summed E-state index contributed by atoms with van der Waals surface area (Å²) in [5.41, 5.74) is 2.30. The molecular formula is C22H22N4O3. The second-order valence-corrected chi connectivity index (χ2v) is 6.54. The molecule has 7 heteroatoms. The quantitative estimate of drug-likeness (QED) is 0.603. The normalized spacial score (nSPS) is 11.7. The Morgan fingerprint density at radius 1 is 1.10 bits per heavy atom. The Labute approximate surface area is 168 Å². The summed E-state index contributed by atoms with van der Waals surface area (Å²) in [7, 11) is 0. The predicted octanol–water partition coefficient (Wildman–Crippen LogP) is 3.26. The molecule has 0 aliphatic rings. The lowest BCUT2D eigenvalue weighted by Gasteiger charge is -2.14. The molecule has 1 heterocycles. The van der Waals surface area contributed by atoms with Gasteiger partial charge in [0, 0.05) is 0 Å². The van der Waals surface area contributed by atoms with Crippen molar-refractivity contribution < 1.29 is 9.53 Å². The number of hydrogen-bond acceptors (Lipinski definition) is 5. The van der Waals surface area contributed by atoms with Crippen molar-refractivity contribution in [3.63, 3.8) is 0 Å². The van der Waals surface area contributed by atoms with E-state index in [0.717, 1.165) is 5.56 Å². The third kappa shape index (κ3) is 3.97. The van der Waals surface area contributed by atoms with E-state index in [-0.39, 0.29) is 17.6 Å². The average molecular weight is 390 g/mol. The zero-order chi connectivity index (χ0) is 21.0. The van der Waals surface area contributed by atoms with Crippen LogP contribution in [0.1, 0.15) is 43.1 Å². The summed E-state index contributed by atoms with van der Waals surface area (Å²) in [5, 5.41) is 13.3. The number of carbonyl (C=O) groups is 1. The fourth-order valence-corrected chi connectivity index (χ4v) is 3.24. The summed E-state index contributed by atoms with van der Waals surface area (Å²) in [4.78, 5) is 25.1. The molecule has 3 aromatic rings. The molecule has 0 saturated carbocycles. The molecule has 29 heavy (non-hydrogen) atoms. The SMILES string of the molecule is CCOC(=O)C(CC)c1ccc(-n2c(C)nn(-c3ccc(C#N)cc3)c2=O)cc1. The molecule has 0 aliphatic carbocycles. The van der Waals surface area contributed by atoms with Gasteiger partial charge in [0.25, 0.3) is 0 Å². The largest absolute Gasteiger partial charge is 0.466 e. The molecule has 0 bridgehead atoms. The lowest BCUT2D eigenvalue weighted by atomic mass is 9.96. The van der Waals surface area contributed by atoms with E-state index in [9.17, 15) is 9.59 Å². The van der Waals surface area contributed by atoms with Crippen LogP contribution in [0, 0.1) is 18.3 Å². The van der Waals surface area contributed by atoms with Gasteiger partial charge in [0.2, 0.25) is 0 Å². The molecule has 0 fully saturated rings. The van der Waals surface area contributed by atoms with Crippen molar-refractivity contribution in [3.8, 4) is 17.4 Å². The van der Waals surface area contributed by atoms with Crippen LogP contribution in [0.3, 0.4) is 0 Å². The van der Waals surface area contributed by atoms with E-state index in [1.54, 1.807) is 50.2 Å². The molecule has 1 atom stereocenters. The van der Waals surface area contributed by atoms with Crippen LogP contribution in [0.2, 0.25) is 0 Å². The van der Waals surface area contributed by atoms with Crippen molar-refractivity contribution in [2.24, 2.45) is 0 Å². The van der Waals surface area contributed by atoms with E-state index in [0.29, 0.717) is 35.8 Å². The van der Waals surface area contributed by atoms with Gasteiger partial charge in [-0.2, -0.15) is 9.94 Å². The van der Waals surface area contributed by atoms with E-state index in [2.05, 4.69) is 11.2 Å². The Hall–Kier alpha value is -3.66. The van der Waals surface area contributed by atoms with Crippen molar-refractivity contribution in [1.29, 1.82) is 5.26 Å². The van der Waals surface area contributed by atoms with E-state index >= 15 is 0 Å². The Bertz CT molecular complexity index is 1100. The zero-order valence-electron chi connectivity index (χ0n) is 16.6. The summed E-state index contributed by atoms with van der Waals surface area (Å²) in [6.07, 6.45) is 0.633. The second kappa shape index (κ2) is 8.57. The first-order valence-corrected chi connectivity index (χ1v) is 9.46. The number of ether oxygens (including phenoxy) is 1. The lowest BCUT2D eigenvalue weighted by Crippen LogP contribution is -2.23. The smallest absolute Gasteiger partial charge is 0.355 e. The van der Waals surface area contributed by atoms with Crippen LogP contribution in [-0.2, 0) is 9.53 Å². The molecule has 3 rings (SSSR count). The van der Waals surface area contributed by atoms with Gasteiger partial charge in [-0.1, -0.05) is 19.1 Å². The zero-order valence-corrected chi connectivity index (χ0v) is 16.6. The summed E-state index contributed by atoms with van der Waals surface area (Å²) in [6, 6.07) is 16.0. The fourth-order valence-electron chi connectivity index (χ4n) is 3.24. The molecule has 7 nitrogen and oxygen atoms in total. The number of rotatable bonds is 6. The second-order valence-electron chi connectivity index (χ2n) is 6.54. The lowest BCUT2D eigenvalue weighted by molar-refractivity contribution is -0.145. The summed E-state index contributed by atoms with van der Waals surface area (Å²) < 4.78 is 7.95. The minimum atomic E-state index is -0.330. The van der Waals surface area contributed by atoms with Gasteiger partial charge in [-0.15, -0.1) is 5.10 Å². The topological polar surface area (TPSA) is 89.9 Å². The monoisotopic (exact) mass is 390 g/mol. The number of hydrogen-bond donors (Lipinski definition) is 0. The van der Waals surface area contributed by atoms with E-state index in [1.165, 1.54) is 9.25 Å².